The summed E-state index contributed by atoms with van der Waals surface area (Å²) >= 11 is 0. The molecule has 116 valence electrons. The van der Waals surface area contributed by atoms with Gasteiger partial charge in [-0.1, -0.05) is 0 Å². The zero-order valence-corrected chi connectivity index (χ0v) is 12.3. The Kier molecular flexibility index (Phi) is 5.05. The minimum absolute atomic E-state index is 0.137. The Hall–Kier alpha value is -3.20. The summed E-state index contributed by atoms with van der Waals surface area (Å²) in [5, 5.41) is 11.2. The molecule has 0 radical (unpaired) electrons. The number of carbonyl (C=O) groups is 2. The summed E-state index contributed by atoms with van der Waals surface area (Å²) < 4.78 is 18.6. The van der Waals surface area contributed by atoms with Gasteiger partial charge in [-0.25, -0.2) is 9.18 Å². The molecular formula is C17H13FN2O3. The summed E-state index contributed by atoms with van der Waals surface area (Å²) in [5.41, 5.74) is 0.734. The van der Waals surface area contributed by atoms with Crippen LogP contribution in [0, 0.1) is 17.1 Å². The van der Waals surface area contributed by atoms with E-state index in [1.54, 1.807) is 13.0 Å². The van der Waals surface area contributed by atoms with Crippen molar-refractivity contribution in [2.24, 2.45) is 0 Å². The molecule has 1 amide bonds. The molecule has 6 heteroatoms. The number of benzene rings is 2. The van der Waals surface area contributed by atoms with Crippen molar-refractivity contribution in [2.45, 2.75) is 6.92 Å². The third-order valence-corrected chi connectivity index (χ3v) is 3.00. The summed E-state index contributed by atoms with van der Waals surface area (Å²) in [6, 6.07) is 11.4. The van der Waals surface area contributed by atoms with Gasteiger partial charge in [0.1, 0.15) is 5.82 Å². The third kappa shape index (κ3) is 3.92. The van der Waals surface area contributed by atoms with Crippen molar-refractivity contribution >= 4 is 17.6 Å². The van der Waals surface area contributed by atoms with Gasteiger partial charge < -0.3 is 10.1 Å². The molecule has 0 aliphatic carbocycles. The first kappa shape index (κ1) is 16.2. The number of esters is 1. The van der Waals surface area contributed by atoms with Gasteiger partial charge in [-0.3, -0.25) is 4.79 Å². The van der Waals surface area contributed by atoms with Crippen molar-refractivity contribution in [2.75, 3.05) is 11.9 Å². The first-order valence-corrected chi connectivity index (χ1v) is 6.83. The molecule has 0 saturated heterocycles. The number of hydrogen-bond acceptors (Lipinski definition) is 4. The lowest BCUT2D eigenvalue weighted by Crippen LogP contribution is -2.14. The standard InChI is InChI=1S/C17H13FN2O3/c1-2-23-17(22)12-4-6-13(7-5-12)20-16(21)14-8-3-11(10-19)9-15(14)18/h3-9H,2H2,1H3,(H,20,21). The first-order valence-electron chi connectivity index (χ1n) is 6.83. The highest BCUT2D eigenvalue weighted by Gasteiger charge is 2.13. The molecule has 0 aromatic heterocycles. The average Bonchev–Trinajstić information content (AvgIpc) is 2.55. The lowest BCUT2D eigenvalue weighted by molar-refractivity contribution is 0.0526. The molecule has 0 atom stereocenters. The quantitative estimate of drug-likeness (QED) is 0.880. The molecule has 0 fully saturated rings. The van der Waals surface area contributed by atoms with Crippen LogP contribution in [0.1, 0.15) is 33.2 Å². The first-order chi connectivity index (χ1) is 11.0. The molecule has 0 bridgehead atoms. The molecule has 0 spiro atoms. The zero-order valence-electron chi connectivity index (χ0n) is 12.3. The molecule has 0 heterocycles. The van der Waals surface area contributed by atoms with Crippen LogP contribution >= 0.6 is 0 Å². The summed E-state index contributed by atoms with van der Waals surface area (Å²) in [7, 11) is 0. The summed E-state index contributed by atoms with van der Waals surface area (Å²) in [6.45, 7) is 1.98. The van der Waals surface area contributed by atoms with Gasteiger partial charge in [0.05, 0.1) is 29.4 Å². The Morgan fingerprint density at radius 3 is 2.48 bits per heavy atom. The van der Waals surface area contributed by atoms with E-state index in [4.69, 9.17) is 10.00 Å². The van der Waals surface area contributed by atoms with Crippen molar-refractivity contribution in [3.63, 3.8) is 0 Å². The molecule has 1 N–H and O–H groups in total. The van der Waals surface area contributed by atoms with Crippen molar-refractivity contribution in [1.82, 2.24) is 0 Å². The fourth-order valence-corrected chi connectivity index (χ4v) is 1.87. The summed E-state index contributed by atoms with van der Waals surface area (Å²) in [5.74, 6) is -1.87. The fourth-order valence-electron chi connectivity index (χ4n) is 1.87. The minimum atomic E-state index is -0.773. The van der Waals surface area contributed by atoms with Crippen molar-refractivity contribution < 1.29 is 18.7 Å². The van der Waals surface area contributed by atoms with Crippen LogP contribution in [0.15, 0.2) is 42.5 Å². The van der Waals surface area contributed by atoms with E-state index < -0.39 is 17.7 Å². The van der Waals surface area contributed by atoms with Crippen LogP contribution in [-0.4, -0.2) is 18.5 Å². The smallest absolute Gasteiger partial charge is 0.338 e. The SMILES string of the molecule is CCOC(=O)c1ccc(NC(=O)c2ccc(C#N)cc2F)cc1. The number of nitriles is 1. The summed E-state index contributed by atoms with van der Waals surface area (Å²) in [4.78, 5) is 23.5. The van der Waals surface area contributed by atoms with Crippen LogP contribution in [0.5, 0.6) is 0 Å². The van der Waals surface area contributed by atoms with Gasteiger partial charge in [0.15, 0.2) is 0 Å². The van der Waals surface area contributed by atoms with Crippen LogP contribution in [0.2, 0.25) is 0 Å². The number of halogens is 1. The molecule has 23 heavy (non-hydrogen) atoms. The van der Waals surface area contributed by atoms with E-state index in [1.165, 1.54) is 36.4 Å². The second-order valence-electron chi connectivity index (χ2n) is 4.56. The lowest BCUT2D eigenvalue weighted by Gasteiger charge is -2.07. The largest absolute Gasteiger partial charge is 0.462 e. The van der Waals surface area contributed by atoms with Gasteiger partial charge in [0.25, 0.3) is 5.91 Å². The molecule has 2 aromatic rings. The van der Waals surface area contributed by atoms with E-state index >= 15 is 0 Å². The Morgan fingerprint density at radius 2 is 1.91 bits per heavy atom. The highest BCUT2D eigenvalue weighted by molar-refractivity contribution is 6.04. The second kappa shape index (κ2) is 7.18. The van der Waals surface area contributed by atoms with Gasteiger partial charge in [-0.15, -0.1) is 0 Å². The highest BCUT2D eigenvalue weighted by atomic mass is 19.1. The predicted octanol–water partition coefficient (Wildman–Crippen LogP) is 3.13. The maximum atomic E-state index is 13.8. The Balaban J connectivity index is 2.12. The van der Waals surface area contributed by atoms with Gasteiger partial charge in [-0.2, -0.15) is 5.26 Å². The zero-order chi connectivity index (χ0) is 16.8. The fraction of sp³-hybridized carbons (Fsp3) is 0.118. The minimum Gasteiger partial charge on any atom is -0.462 e. The van der Waals surface area contributed by atoms with E-state index in [2.05, 4.69) is 5.32 Å². The Bertz CT molecular complexity index is 779. The van der Waals surface area contributed by atoms with Crippen LogP contribution in [0.4, 0.5) is 10.1 Å². The predicted molar refractivity (Wildman–Crippen MR) is 81.5 cm³/mol. The molecule has 0 aliphatic heterocycles. The molecule has 0 saturated carbocycles. The third-order valence-electron chi connectivity index (χ3n) is 3.00. The van der Waals surface area contributed by atoms with Crippen molar-refractivity contribution in [3.8, 4) is 6.07 Å². The molecular weight excluding hydrogens is 299 g/mol. The van der Waals surface area contributed by atoms with Gasteiger partial charge in [-0.05, 0) is 49.4 Å². The van der Waals surface area contributed by atoms with E-state index in [0.29, 0.717) is 11.3 Å². The Morgan fingerprint density at radius 1 is 1.22 bits per heavy atom. The second-order valence-corrected chi connectivity index (χ2v) is 4.56. The normalized spacial score (nSPS) is 9.78. The maximum Gasteiger partial charge on any atom is 0.338 e. The highest BCUT2D eigenvalue weighted by Crippen LogP contribution is 2.15. The van der Waals surface area contributed by atoms with Crippen molar-refractivity contribution in [3.05, 3.63) is 65.0 Å². The summed E-state index contributed by atoms with van der Waals surface area (Å²) in [6.07, 6.45) is 0. The number of nitrogens with zero attached hydrogens (tertiary/aromatic N) is 1. The number of ether oxygens (including phenoxy) is 1. The number of rotatable bonds is 4. The number of carbonyl (C=O) groups excluding carboxylic acids is 2. The number of hydrogen-bond donors (Lipinski definition) is 1. The van der Waals surface area contributed by atoms with Gasteiger partial charge in [0, 0.05) is 5.69 Å². The van der Waals surface area contributed by atoms with E-state index in [9.17, 15) is 14.0 Å². The van der Waals surface area contributed by atoms with E-state index in [-0.39, 0.29) is 17.7 Å². The van der Waals surface area contributed by atoms with Gasteiger partial charge in [0.2, 0.25) is 0 Å². The van der Waals surface area contributed by atoms with Gasteiger partial charge >= 0.3 is 5.97 Å². The molecule has 0 unspecified atom stereocenters. The Labute approximate surface area is 132 Å². The van der Waals surface area contributed by atoms with Crippen molar-refractivity contribution in [1.29, 1.82) is 5.26 Å². The van der Waals surface area contributed by atoms with Crippen LogP contribution in [0.25, 0.3) is 0 Å². The van der Waals surface area contributed by atoms with Crippen LogP contribution in [-0.2, 0) is 4.74 Å². The average molecular weight is 312 g/mol. The van der Waals surface area contributed by atoms with E-state index in [1.807, 2.05) is 0 Å². The molecule has 0 aliphatic rings. The molecule has 5 nitrogen and oxygen atoms in total. The van der Waals surface area contributed by atoms with Crippen LogP contribution < -0.4 is 5.32 Å². The monoisotopic (exact) mass is 312 g/mol. The lowest BCUT2D eigenvalue weighted by atomic mass is 10.1. The maximum absolute atomic E-state index is 13.8. The van der Waals surface area contributed by atoms with Crippen LogP contribution in [0.3, 0.4) is 0 Å². The topological polar surface area (TPSA) is 79.2 Å². The van der Waals surface area contributed by atoms with E-state index in [0.717, 1.165) is 6.07 Å². The number of nitrogens with one attached hydrogen (secondary N) is 1. The number of anilines is 1. The molecule has 2 aromatic carbocycles. The molecule has 2 rings (SSSR count). The number of amides is 1.